The van der Waals surface area contributed by atoms with Crippen LogP contribution in [0, 0.1) is 11.8 Å². The van der Waals surface area contributed by atoms with E-state index in [1.165, 1.54) is 5.57 Å². The summed E-state index contributed by atoms with van der Waals surface area (Å²) < 4.78 is 11.5. The van der Waals surface area contributed by atoms with Gasteiger partial charge in [0.05, 0.1) is 12.5 Å². The molecule has 0 saturated carbocycles. The van der Waals surface area contributed by atoms with Crippen molar-refractivity contribution in [2.45, 2.75) is 51.9 Å². The van der Waals surface area contributed by atoms with Crippen LogP contribution >= 0.6 is 0 Å². The van der Waals surface area contributed by atoms with Crippen LogP contribution in [0.15, 0.2) is 34.9 Å². The molecule has 2 heterocycles. The average Bonchev–Trinajstić information content (AvgIpc) is 3.29. The topological polar surface area (TPSA) is 88.7 Å². The van der Waals surface area contributed by atoms with Crippen LogP contribution < -0.4 is 9.64 Å². The van der Waals surface area contributed by atoms with Gasteiger partial charge < -0.3 is 19.3 Å². The van der Waals surface area contributed by atoms with Gasteiger partial charge in [0.2, 0.25) is 0 Å². The molecule has 0 spiro atoms. The van der Waals surface area contributed by atoms with Crippen LogP contribution in [0.25, 0.3) is 5.57 Å². The smallest absolute Gasteiger partial charge is 0.324 e. The van der Waals surface area contributed by atoms with E-state index in [9.17, 15) is 4.79 Å². The number of benzene rings is 1. The molecule has 7 heteroatoms. The fourth-order valence-electron chi connectivity index (χ4n) is 4.18. The molecule has 166 valence electrons. The lowest BCUT2D eigenvalue weighted by molar-refractivity contribution is -0.141. The summed E-state index contributed by atoms with van der Waals surface area (Å²) in [5.74, 6) is 1.49. The molecule has 1 aromatic heterocycles. The molecule has 31 heavy (non-hydrogen) atoms. The molecule has 1 aliphatic carbocycles. The number of aromatic nitrogens is 2. The molecule has 2 aliphatic rings. The van der Waals surface area contributed by atoms with E-state index in [2.05, 4.69) is 47.1 Å². The Morgan fingerprint density at radius 2 is 1.97 bits per heavy atom. The standard InChI is InChI=1S/C24H31N3O4/c1-16(2)22-25-24(31-26-22)27-13-11-17(12-14-27)15-30-21-9-7-19(8-10-21)18-3-5-20(6-4-18)23(28)29/h3,7-10,16-17,20H,4-6,11-15H2,1-2H3,(H,28,29). The van der Waals surface area contributed by atoms with E-state index in [1.54, 1.807) is 0 Å². The SMILES string of the molecule is CC(C)c1noc(N2CCC(COc3ccc(C4=CCC(C(=O)O)CC4)cc3)CC2)n1. The molecule has 1 N–H and O–H groups in total. The van der Waals surface area contributed by atoms with Gasteiger partial charge in [0.1, 0.15) is 5.75 Å². The zero-order chi connectivity index (χ0) is 21.8. The number of hydrogen-bond acceptors (Lipinski definition) is 6. The van der Waals surface area contributed by atoms with Gasteiger partial charge in [-0.15, -0.1) is 0 Å². The number of anilines is 1. The lowest BCUT2D eigenvalue weighted by Gasteiger charge is -2.30. The third kappa shape index (κ3) is 5.27. The van der Waals surface area contributed by atoms with Crippen LogP contribution in [0.4, 0.5) is 6.01 Å². The number of allylic oxidation sites excluding steroid dienone is 2. The Bertz CT molecular complexity index is 911. The number of hydrogen-bond donors (Lipinski definition) is 1. The Balaban J connectivity index is 1.23. The highest BCUT2D eigenvalue weighted by atomic mass is 16.5. The van der Waals surface area contributed by atoms with Crippen molar-refractivity contribution in [3.63, 3.8) is 0 Å². The molecule has 2 aromatic rings. The maximum Gasteiger partial charge on any atom is 0.324 e. The maximum absolute atomic E-state index is 11.1. The van der Waals surface area contributed by atoms with Crippen molar-refractivity contribution < 1.29 is 19.2 Å². The van der Waals surface area contributed by atoms with Crippen LogP contribution in [0.2, 0.25) is 0 Å². The van der Waals surface area contributed by atoms with Crippen molar-refractivity contribution in [3.8, 4) is 5.75 Å². The molecular weight excluding hydrogens is 394 g/mol. The number of aliphatic carboxylic acids is 1. The van der Waals surface area contributed by atoms with Gasteiger partial charge in [0, 0.05) is 19.0 Å². The second-order valence-electron chi connectivity index (χ2n) is 8.89. The van der Waals surface area contributed by atoms with Gasteiger partial charge in [-0.3, -0.25) is 4.79 Å². The number of nitrogens with zero attached hydrogens (tertiary/aromatic N) is 3. The molecular formula is C24H31N3O4. The average molecular weight is 426 g/mol. The first-order chi connectivity index (χ1) is 15.0. The Morgan fingerprint density at radius 1 is 1.23 bits per heavy atom. The van der Waals surface area contributed by atoms with Crippen LogP contribution in [-0.2, 0) is 4.79 Å². The Hall–Kier alpha value is -2.83. The summed E-state index contributed by atoms with van der Waals surface area (Å²) in [5.41, 5.74) is 2.39. The maximum atomic E-state index is 11.1. The summed E-state index contributed by atoms with van der Waals surface area (Å²) in [6.45, 7) is 6.63. The molecule has 7 nitrogen and oxygen atoms in total. The van der Waals surface area contributed by atoms with Crippen molar-refractivity contribution in [1.29, 1.82) is 0 Å². The Kier molecular flexibility index (Phi) is 6.59. The van der Waals surface area contributed by atoms with Crippen LogP contribution in [0.1, 0.15) is 63.3 Å². The summed E-state index contributed by atoms with van der Waals surface area (Å²) in [5, 5.41) is 13.2. The minimum atomic E-state index is -0.692. The summed E-state index contributed by atoms with van der Waals surface area (Å²) in [6.07, 6.45) is 6.28. The lowest BCUT2D eigenvalue weighted by Crippen LogP contribution is -2.35. The van der Waals surface area contributed by atoms with Crippen molar-refractivity contribution in [2.24, 2.45) is 11.8 Å². The van der Waals surface area contributed by atoms with Gasteiger partial charge in [-0.1, -0.05) is 37.2 Å². The predicted molar refractivity (Wildman–Crippen MR) is 118 cm³/mol. The first-order valence-corrected chi connectivity index (χ1v) is 11.2. The van der Waals surface area contributed by atoms with Gasteiger partial charge >= 0.3 is 12.0 Å². The van der Waals surface area contributed by atoms with Gasteiger partial charge in [0.15, 0.2) is 5.82 Å². The van der Waals surface area contributed by atoms with Gasteiger partial charge in [-0.25, -0.2) is 0 Å². The van der Waals surface area contributed by atoms with Gasteiger partial charge in [0.25, 0.3) is 0 Å². The van der Waals surface area contributed by atoms with E-state index in [-0.39, 0.29) is 11.8 Å². The van der Waals surface area contributed by atoms with E-state index in [0.29, 0.717) is 31.4 Å². The minimum Gasteiger partial charge on any atom is -0.493 e. The second kappa shape index (κ2) is 9.54. The molecule has 1 atom stereocenters. The minimum absolute atomic E-state index is 0.241. The number of ether oxygens (including phenoxy) is 1. The third-order valence-corrected chi connectivity index (χ3v) is 6.30. The van der Waals surface area contributed by atoms with E-state index in [0.717, 1.165) is 49.5 Å². The molecule has 0 bridgehead atoms. The molecule has 0 radical (unpaired) electrons. The molecule has 1 aromatic carbocycles. The fourth-order valence-corrected chi connectivity index (χ4v) is 4.18. The van der Waals surface area contributed by atoms with Crippen molar-refractivity contribution in [3.05, 3.63) is 41.7 Å². The highest BCUT2D eigenvalue weighted by molar-refractivity contribution is 5.74. The lowest BCUT2D eigenvalue weighted by atomic mass is 9.87. The second-order valence-corrected chi connectivity index (χ2v) is 8.89. The Labute approximate surface area is 183 Å². The molecule has 1 aliphatic heterocycles. The monoisotopic (exact) mass is 425 g/mol. The Morgan fingerprint density at radius 3 is 2.55 bits per heavy atom. The number of carboxylic acid groups (broad SMARTS) is 1. The number of carboxylic acids is 1. The molecule has 1 unspecified atom stereocenters. The first kappa shape index (κ1) is 21.4. The van der Waals surface area contributed by atoms with Crippen LogP contribution in [0.5, 0.6) is 5.75 Å². The fraction of sp³-hybridized carbons (Fsp3) is 0.542. The normalized spacial score (nSPS) is 20.0. The van der Waals surface area contributed by atoms with Gasteiger partial charge in [-0.05, 0) is 61.3 Å². The number of rotatable bonds is 7. The van der Waals surface area contributed by atoms with Crippen molar-refractivity contribution >= 4 is 17.6 Å². The number of piperidine rings is 1. The summed E-state index contributed by atoms with van der Waals surface area (Å²) >= 11 is 0. The van der Waals surface area contributed by atoms with Crippen LogP contribution in [0.3, 0.4) is 0 Å². The molecule has 1 fully saturated rings. The summed E-state index contributed by atoms with van der Waals surface area (Å²) in [6, 6.07) is 8.81. The molecule has 0 amide bonds. The molecule has 1 saturated heterocycles. The number of carbonyl (C=O) groups is 1. The van der Waals surface area contributed by atoms with Gasteiger partial charge in [-0.2, -0.15) is 4.98 Å². The third-order valence-electron chi connectivity index (χ3n) is 6.30. The van der Waals surface area contributed by atoms with Crippen LogP contribution in [-0.4, -0.2) is 40.9 Å². The zero-order valence-electron chi connectivity index (χ0n) is 18.3. The summed E-state index contributed by atoms with van der Waals surface area (Å²) in [7, 11) is 0. The van der Waals surface area contributed by atoms with E-state index in [1.807, 2.05) is 12.1 Å². The first-order valence-electron chi connectivity index (χ1n) is 11.2. The highest BCUT2D eigenvalue weighted by Crippen LogP contribution is 2.31. The quantitative estimate of drug-likeness (QED) is 0.684. The van der Waals surface area contributed by atoms with E-state index < -0.39 is 5.97 Å². The van der Waals surface area contributed by atoms with E-state index >= 15 is 0 Å². The largest absolute Gasteiger partial charge is 0.493 e. The summed E-state index contributed by atoms with van der Waals surface area (Å²) in [4.78, 5) is 17.8. The van der Waals surface area contributed by atoms with E-state index in [4.69, 9.17) is 14.4 Å². The zero-order valence-corrected chi connectivity index (χ0v) is 18.3. The van der Waals surface area contributed by atoms with Crippen molar-refractivity contribution in [2.75, 3.05) is 24.6 Å². The predicted octanol–water partition coefficient (Wildman–Crippen LogP) is 4.76. The van der Waals surface area contributed by atoms with Crippen molar-refractivity contribution in [1.82, 2.24) is 10.1 Å². The molecule has 4 rings (SSSR count). The highest BCUT2D eigenvalue weighted by Gasteiger charge is 2.24.